The zero-order valence-corrected chi connectivity index (χ0v) is 18.5. The van der Waals surface area contributed by atoms with E-state index in [1.165, 1.54) is 0 Å². The van der Waals surface area contributed by atoms with Gasteiger partial charge in [0, 0.05) is 13.0 Å². The van der Waals surface area contributed by atoms with Gasteiger partial charge in [-0.15, -0.1) is 6.58 Å². The van der Waals surface area contributed by atoms with E-state index in [0.717, 1.165) is 5.57 Å². The van der Waals surface area contributed by atoms with Crippen molar-refractivity contribution in [2.45, 2.75) is 84.9 Å². The molecule has 0 bridgehead atoms. The molecule has 0 aromatic carbocycles. The standard InChI is InChI=1S/C20H40O3Si/c1-12-17(22-9)19(23-24(10,11)20(6,7)8)16(5)13-15(4)18(21)14(2)3/h12-14,16-19,21H,1H2,2-11H3/b15-13-/t16-,17+,18+,19+/m1/s1. The number of rotatable bonds is 9. The minimum absolute atomic E-state index is 0.109. The highest BCUT2D eigenvalue weighted by molar-refractivity contribution is 6.74. The Bertz CT molecular complexity index is 421. The topological polar surface area (TPSA) is 38.7 Å². The molecule has 24 heavy (non-hydrogen) atoms. The van der Waals surface area contributed by atoms with Crippen molar-refractivity contribution in [3.8, 4) is 0 Å². The van der Waals surface area contributed by atoms with Crippen LogP contribution in [0.4, 0.5) is 0 Å². The van der Waals surface area contributed by atoms with Crippen molar-refractivity contribution in [3.63, 3.8) is 0 Å². The number of aliphatic hydroxyl groups excluding tert-OH is 1. The molecule has 0 spiro atoms. The summed E-state index contributed by atoms with van der Waals surface area (Å²) >= 11 is 0. The fraction of sp³-hybridized carbons (Fsp3) is 0.800. The van der Waals surface area contributed by atoms with E-state index < -0.39 is 14.4 Å². The minimum Gasteiger partial charge on any atom is -0.410 e. The Morgan fingerprint density at radius 1 is 1.17 bits per heavy atom. The molecule has 0 rings (SSSR count). The molecule has 0 radical (unpaired) electrons. The van der Waals surface area contributed by atoms with Crippen LogP contribution in [0.25, 0.3) is 0 Å². The molecular weight excluding hydrogens is 316 g/mol. The quantitative estimate of drug-likeness (QED) is 0.457. The van der Waals surface area contributed by atoms with Gasteiger partial charge in [0.05, 0.1) is 12.2 Å². The second-order valence-corrected chi connectivity index (χ2v) is 13.5. The van der Waals surface area contributed by atoms with Crippen molar-refractivity contribution >= 4 is 8.32 Å². The van der Waals surface area contributed by atoms with Crippen molar-refractivity contribution in [2.24, 2.45) is 11.8 Å². The lowest BCUT2D eigenvalue weighted by atomic mass is 9.93. The number of methoxy groups -OCH3 is 1. The Kier molecular flexibility index (Phi) is 9.16. The Morgan fingerprint density at radius 3 is 2.00 bits per heavy atom. The van der Waals surface area contributed by atoms with Gasteiger partial charge in [0.25, 0.3) is 0 Å². The average Bonchev–Trinajstić information content (AvgIpc) is 2.44. The SMILES string of the molecule is C=C[C@H](OC)[C@@H](O[Si](C)(C)C(C)(C)C)[C@H](C)/C=C(/C)[C@@H](O)C(C)C. The molecule has 0 aliphatic rings. The smallest absolute Gasteiger partial charge is 0.192 e. The van der Waals surface area contributed by atoms with E-state index in [9.17, 15) is 5.11 Å². The number of aliphatic hydroxyl groups is 1. The summed E-state index contributed by atoms with van der Waals surface area (Å²) in [5.41, 5.74) is 0.986. The van der Waals surface area contributed by atoms with Crippen molar-refractivity contribution in [1.82, 2.24) is 0 Å². The molecule has 0 unspecified atom stereocenters. The molecule has 0 aliphatic heterocycles. The Hall–Kier alpha value is -0.423. The maximum Gasteiger partial charge on any atom is 0.192 e. The normalized spacial score (nSPS) is 19.1. The fourth-order valence-corrected chi connectivity index (χ4v) is 3.87. The van der Waals surface area contributed by atoms with Crippen LogP contribution in [0.1, 0.15) is 48.5 Å². The van der Waals surface area contributed by atoms with Crippen molar-refractivity contribution < 1.29 is 14.3 Å². The summed E-state index contributed by atoms with van der Waals surface area (Å²) in [4.78, 5) is 0. The van der Waals surface area contributed by atoms with Crippen LogP contribution in [0.5, 0.6) is 0 Å². The third-order valence-corrected chi connectivity index (χ3v) is 9.68. The van der Waals surface area contributed by atoms with Gasteiger partial charge in [-0.3, -0.25) is 0 Å². The molecule has 3 nitrogen and oxygen atoms in total. The molecule has 142 valence electrons. The zero-order valence-electron chi connectivity index (χ0n) is 17.5. The van der Waals surface area contributed by atoms with E-state index in [4.69, 9.17) is 9.16 Å². The molecule has 0 fully saturated rings. The molecule has 0 saturated heterocycles. The van der Waals surface area contributed by atoms with Gasteiger partial charge in [-0.2, -0.15) is 0 Å². The molecule has 1 N–H and O–H groups in total. The van der Waals surface area contributed by atoms with E-state index in [2.05, 4.69) is 53.4 Å². The molecule has 4 atom stereocenters. The molecule has 4 heteroatoms. The highest BCUT2D eigenvalue weighted by atomic mass is 28.4. The van der Waals surface area contributed by atoms with Crippen LogP contribution in [0, 0.1) is 11.8 Å². The van der Waals surface area contributed by atoms with Crippen LogP contribution in [0.2, 0.25) is 18.1 Å². The largest absolute Gasteiger partial charge is 0.410 e. The molecule has 0 aromatic rings. The molecule has 0 heterocycles. The first-order valence-electron chi connectivity index (χ1n) is 8.98. The third-order valence-electron chi connectivity index (χ3n) is 5.21. The van der Waals surface area contributed by atoms with Gasteiger partial charge in [-0.25, -0.2) is 0 Å². The third kappa shape index (κ3) is 6.47. The first-order chi connectivity index (χ1) is 10.8. The maximum atomic E-state index is 10.3. The van der Waals surface area contributed by atoms with E-state index in [1.807, 2.05) is 26.8 Å². The van der Waals surface area contributed by atoms with Crippen LogP contribution in [-0.2, 0) is 9.16 Å². The van der Waals surface area contributed by atoms with Gasteiger partial charge in [-0.1, -0.05) is 53.7 Å². The average molecular weight is 357 g/mol. The maximum absolute atomic E-state index is 10.3. The van der Waals surface area contributed by atoms with Crippen LogP contribution >= 0.6 is 0 Å². The Morgan fingerprint density at radius 2 is 1.67 bits per heavy atom. The Labute approximate surface area is 151 Å². The van der Waals surface area contributed by atoms with Crippen molar-refractivity contribution in [3.05, 3.63) is 24.3 Å². The molecular formula is C20H40O3Si. The van der Waals surface area contributed by atoms with Gasteiger partial charge in [0.1, 0.15) is 6.10 Å². The Balaban J connectivity index is 5.58. The summed E-state index contributed by atoms with van der Waals surface area (Å²) in [5.74, 6) is 0.321. The van der Waals surface area contributed by atoms with Crippen LogP contribution in [-0.4, -0.2) is 38.8 Å². The second-order valence-electron chi connectivity index (χ2n) is 8.74. The predicted octanol–water partition coefficient (Wildman–Crippen LogP) is 5.18. The van der Waals surface area contributed by atoms with Gasteiger partial charge >= 0.3 is 0 Å². The van der Waals surface area contributed by atoms with Crippen LogP contribution in [0.15, 0.2) is 24.3 Å². The zero-order chi connectivity index (χ0) is 19.3. The van der Waals surface area contributed by atoms with Crippen LogP contribution in [0.3, 0.4) is 0 Å². The van der Waals surface area contributed by atoms with E-state index in [-0.39, 0.29) is 29.1 Å². The lowest BCUT2D eigenvalue weighted by molar-refractivity contribution is 0.00566. The van der Waals surface area contributed by atoms with E-state index in [1.54, 1.807) is 7.11 Å². The molecule has 0 aromatic heterocycles. The summed E-state index contributed by atoms with van der Waals surface area (Å²) < 4.78 is 12.3. The van der Waals surface area contributed by atoms with Gasteiger partial charge in [0.15, 0.2) is 8.32 Å². The summed E-state index contributed by atoms with van der Waals surface area (Å²) in [5, 5.41) is 10.4. The number of ether oxygens (including phenoxy) is 1. The lowest BCUT2D eigenvalue weighted by Crippen LogP contribution is -2.49. The summed E-state index contributed by atoms with van der Waals surface area (Å²) in [6.07, 6.45) is 3.23. The van der Waals surface area contributed by atoms with E-state index >= 15 is 0 Å². The fourth-order valence-electron chi connectivity index (χ4n) is 2.49. The number of hydrogen-bond acceptors (Lipinski definition) is 3. The van der Waals surface area contributed by atoms with Gasteiger partial charge in [0.2, 0.25) is 0 Å². The van der Waals surface area contributed by atoms with Gasteiger partial charge < -0.3 is 14.3 Å². The first-order valence-corrected chi connectivity index (χ1v) is 11.9. The number of hydrogen-bond donors (Lipinski definition) is 1. The molecule has 0 saturated carbocycles. The summed E-state index contributed by atoms with van der Waals surface area (Å²) in [7, 11) is -0.251. The highest BCUT2D eigenvalue weighted by Gasteiger charge is 2.41. The van der Waals surface area contributed by atoms with Crippen molar-refractivity contribution in [1.29, 1.82) is 0 Å². The second kappa shape index (κ2) is 9.32. The van der Waals surface area contributed by atoms with E-state index in [0.29, 0.717) is 0 Å². The predicted molar refractivity (Wildman–Crippen MR) is 107 cm³/mol. The monoisotopic (exact) mass is 356 g/mol. The van der Waals surface area contributed by atoms with Gasteiger partial charge in [-0.05, 0) is 36.5 Å². The molecule has 0 amide bonds. The lowest BCUT2D eigenvalue weighted by Gasteiger charge is -2.42. The van der Waals surface area contributed by atoms with Crippen LogP contribution < -0.4 is 0 Å². The molecule has 0 aliphatic carbocycles. The summed E-state index contributed by atoms with van der Waals surface area (Å²) in [6.45, 7) is 23.3. The summed E-state index contributed by atoms with van der Waals surface area (Å²) in [6, 6.07) is 0. The highest BCUT2D eigenvalue weighted by Crippen LogP contribution is 2.39. The minimum atomic E-state index is -1.95. The first kappa shape index (κ1) is 23.6. The van der Waals surface area contributed by atoms with Crippen molar-refractivity contribution in [2.75, 3.05) is 7.11 Å².